The van der Waals surface area contributed by atoms with Crippen LogP contribution in [-0.2, 0) is 19.1 Å². The Bertz CT molecular complexity index is 862. The first-order chi connectivity index (χ1) is 12.3. The van der Waals surface area contributed by atoms with Crippen molar-refractivity contribution < 1.29 is 19.1 Å². The molecule has 3 rings (SSSR count). The molecule has 137 valence electrons. The average molecular weight is 589 g/mol. The van der Waals surface area contributed by atoms with Gasteiger partial charge in [0.25, 0.3) is 0 Å². The molecule has 0 saturated heterocycles. The third-order valence-electron chi connectivity index (χ3n) is 5.55. The van der Waals surface area contributed by atoms with Crippen molar-refractivity contribution in [2.24, 2.45) is 11.8 Å². The maximum absolute atomic E-state index is 6.65. The molecular weight excluding hydrogens is 565 g/mol. The predicted molar refractivity (Wildman–Crippen MR) is 116 cm³/mol. The summed E-state index contributed by atoms with van der Waals surface area (Å²) in [5.74, 6) is 1.27. The molecule has 0 radical (unpaired) electrons. The second-order valence-corrected chi connectivity index (χ2v) is 21.7. The number of hydrogen-bond donors (Lipinski definition) is 0. The predicted octanol–water partition coefficient (Wildman–Crippen LogP) is 6.88. The zero-order chi connectivity index (χ0) is 19.2. The van der Waals surface area contributed by atoms with E-state index in [0.717, 1.165) is 0 Å². The first-order valence-corrected chi connectivity index (χ1v) is 22.7. The van der Waals surface area contributed by atoms with Gasteiger partial charge in [0.2, 0.25) is 0 Å². The van der Waals surface area contributed by atoms with Crippen LogP contribution < -0.4 is 0 Å². The van der Waals surface area contributed by atoms with Crippen LogP contribution in [0, 0.1) is 11.8 Å². The van der Waals surface area contributed by atoms with Crippen molar-refractivity contribution in [2.45, 2.75) is 33.9 Å². The molecule has 0 aromatic heterocycles. The molecule has 0 amide bonds. The number of halogens is 3. The molecule has 0 nitrogen and oxygen atoms in total. The van der Waals surface area contributed by atoms with Gasteiger partial charge in [0.15, 0.2) is 0 Å². The van der Waals surface area contributed by atoms with Gasteiger partial charge < -0.3 is 0 Å². The van der Waals surface area contributed by atoms with Crippen molar-refractivity contribution in [1.29, 1.82) is 0 Å². The Morgan fingerprint density at radius 2 is 1.81 bits per heavy atom. The molecule has 2 atom stereocenters. The molecule has 0 N–H and O–H groups in total. The molecule has 0 bridgehead atoms. The van der Waals surface area contributed by atoms with E-state index in [2.05, 4.69) is 64.2 Å². The van der Waals surface area contributed by atoms with E-state index in [0.29, 0.717) is 11.8 Å². The van der Waals surface area contributed by atoms with Gasteiger partial charge >= 0.3 is 180 Å². The van der Waals surface area contributed by atoms with Gasteiger partial charge in [-0.2, -0.15) is 0 Å². The first-order valence-electron chi connectivity index (χ1n) is 8.95. The minimum absolute atomic E-state index is 0.250. The first kappa shape index (κ1) is 21.0. The number of alkyl halides is 1. The maximum atomic E-state index is 6.65. The minimum atomic E-state index is -2.79. The third kappa shape index (κ3) is 3.50. The van der Waals surface area contributed by atoms with Crippen molar-refractivity contribution in [3.63, 3.8) is 0 Å². The van der Waals surface area contributed by atoms with Crippen LogP contribution in [0.4, 0.5) is 0 Å². The molecule has 2 unspecified atom stereocenters. The molecule has 3 aliphatic carbocycles. The van der Waals surface area contributed by atoms with E-state index in [1.54, 1.807) is 0 Å². The summed E-state index contributed by atoms with van der Waals surface area (Å²) < 4.78 is 1.25. The molecule has 5 heteroatoms. The molecule has 0 saturated carbocycles. The summed E-state index contributed by atoms with van der Waals surface area (Å²) in [6.45, 7) is 11.4. The van der Waals surface area contributed by atoms with Crippen molar-refractivity contribution in [3.8, 4) is 0 Å². The van der Waals surface area contributed by atoms with Crippen LogP contribution >= 0.6 is 28.8 Å². The summed E-state index contributed by atoms with van der Waals surface area (Å²) in [6.07, 6.45) is 11.2. The normalized spacial score (nSPS) is 25.2. The van der Waals surface area contributed by atoms with Gasteiger partial charge in [-0.15, -0.1) is 0 Å². The molecule has 0 aromatic rings. The second-order valence-electron chi connectivity index (χ2n) is 7.40. The van der Waals surface area contributed by atoms with Gasteiger partial charge in [0.1, 0.15) is 0 Å². The number of fused-ring (bicyclic) bond motifs is 1. The van der Waals surface area contributed by atoms with E-state index < -0.39 is 27.5 Å². The summed E-state index contributed by atoms with van der Waals surface area (Å²) in [7, 11) is 12.7. The van der Waals surface area contributed by atoms with E-state index >= 15 is 0 Å². The molecule has 0 fully saturated rings. The number of allylic oxidation sites excluding steroid dienone is 12. The fourth-order valence-electron chi connectivity index (χ4n) is 4.38. The average Bonchev–Trinajstić information content (AvgIpc) is 2.95. The Hall–Kier alpha value is 0.267. The van der Waals surface area contributed by atoms with Crippen LogP contribution in [-0.4, -0.2) is 19.5 Å². The summed E-state index contributed by atoms with van der Waals surface area (Å²) in [5.41, 5.74) is 8.10. The topological polar surface area (TPSA) is 0 Å². The second kappa shape index (κ2) is 8.33. The van der Waals surface area contributed by atoms with E-state index in [-0.39, 0.29) is 5.92 Å². The Morgan fingerprint density at radius 1 is 1.12 bits per heavy atom. The summed E-state index contributed by atoms with van der Waals surface area (Å²) in [6, 6.07) is 0. The third-order valence-corrected chi connectivity index (χ3v) is 14.3. The van der Waals surface area contributed by atoms with Crippen LogP contribution in [0.2, 0.25) is 13.1 Å². The molecule has 3 aliphatic rings. The van der Waals surface area contributed by atoms with Gasteiger partial charge in [-0.1, -0.05) is 0 Å². The van der Waals surface area contributed by atoms with Crippen LogP contribution in [0.1, 0.15) is 20.8 Å². The van der Waals surface area contributed by atoms with Gasteiger partial charge in [-0.3, -0.25) is 0 Å². The Labute approximate surface area is 178 Å². The van der Waals surface area contributed by atoms with Gasteiger partial charge in [0, 0.05) is 0 Å². The van der Waals surface area contributed by atoms with Gasteiger partial charge in [-0.25, -0.2) is 0 Å². The molecular formula is C21H24Cl3HfSi. The van der Waals surface area contributed by atoms with Crippen molar-refractivity contribution in [3.05, 3.63) is 67.1 Å². The van der Waals surface area contributed by atoms with E-state index in [1.165, 1.54) is 41.9 Å². The van der Waals surface area contributed by atoms with Crippen LogP contribution in [0.25, 0.3) is 0 Å². The SMILES string of the molecule is CC1=C(C2=C3C(=CC=CC(=[Si](C)C)C3CCl)[C]([Hf]([Cl])[Cl])=C2C)C(C)C=C1. The standard InChI is InChI=1S/C21H24ClSi.2ClH.Hf/c1-13-9-10-14(2)19(13)20-15(3)11-16-7-6-8-18(23(4)5)17(12-22)21(16)20;;;/h6-10,13,17H,12H2,1-5H3;2*1H;/q;;;+2/p-2. The van der Waals surface area contributed by atoms with E-state index in [4.69, 9.17) is 28.8 Å². The Kier molecular flexibility index (Phi) is 6.72. The van der Waals surface area contributed by atoms with Crippen molar-refractivity contribution in [2.75, 3.05) is 5.88 Å². The quantitative estimate of drug-likeness (QED) is 0.249. The van der Waals surface area contributed by atoms with E-state index in [1.807, 2.05) is 0 Å². The van der Waals surface area contributed by atoms with Gasteiger partial charge in [0.05, 0.1) is 0 Å². The number of rotatable bonds is 3. The molecule has 0 spiro atoms. The molecule has 26 heavy (non-hydrogen) atoms. The summed E-state index contributed by atoms with van der Waals surface area (Å²) in [4.78, 5) is 0. The van der Waals surface area contributed by atoms with Crippen LogP contribution in [0.3, 0.4) is 0 Å². The fraction of sp³-hybridized carbons (Fsp3) is 0.381. The monoisotopic (exact) mass is 589 g/mol. The molecule has 0 aliphatic heterocycles. The number of hydrogen-bond acceptors (Lipinski definition) is 0. The molecule has 0 heterocycles. The summed E-state index contributed by atoms with van der Waals surface area (Å²) >= 11 is 3.79. The summed E-state index contributed by atoms with van der Waals surface area (Å²) in [5, 5.41) is 1.49. The van der Waals surface area contributed by atoms with Crippen LogP contribution in [0.15, 0.2) is 67.1 Å². The fourth-order valence-corrected chi connectivity index (χ4v) is 13.2. The Morgan fingerprint density at radius 3 is 2.31 bits per heavy atom. The van der Waals surface area contributed by atoms with Crippen molar-refractivity contribution >= 4 is 42.3 Å². The van der Waals surface area contributed by atoms with Crippen LogP contribution in [0.5, 0.6) is 0 Å². The molecule has 0 aromatic carbocycles. The van der Waals surface area contributed by atoms with Gasteiger partial charge in [-0.05, 0) is 0 Å². The zero-order valence-electron chi connectivity index (χ0n) is 15.9. The van der Waals surface area contributed by atoms with Crippen molar-refractivity contribution in [1.82, 2.24) is 0 Å². The van der Waals surface area contributed by atoms with E-state index in [9.17, 15) is 0 Å². The zero-order valence-corrected chi connectivity index (χ0v) is 22.7. The Balaban J connectivity index is 2.35.